The van der Waals surface area contributed by atoms with Crippen LogP contribution in [0.2, 0.25) is 0 Å². The Kier molecular flexibility index (Phi) is 6.49. The standard InChI is InChI=1S/C24H24N2O/c1-27-23-16-14-22(15-17-23)26-24(20-10-6-3-7-11-20)21(18-25)13-12-19-8-4-2-5-9-19/h2-11,14-17,21,24,26H,12-13H2,1H3/t21?,24-/m1/s1. The van der Waals surface area contributed by atoms with Crippen LogP contribution in [0.1, 0.15) is 23.6 Å². The van der Waals surface area contributed by atoms with Crippen LogP contribution in [0.4, 0.5) is 5.69 Å². The average molecular weight is 356 g/mol. The minimum atomic E-state index is -0.144. The first-order chi connectivity index (χ1) is 13.3. The molecule has 0 aliphatic rings. The molecule has 0 fully saturated rings. The van der Waals surface area contributed by atoms with Crippen molar-refractivity contribution in [3.05, 3.63) is 96.1 Å². The fourth-order valence-electron chi connectivity index (χ4n) is 3.22. The maximum absolute atomic E-state index is 9.89. The predicted molar refractivity (Wildman–Crippen MR) is 110 cm³/mol. The van der Waals surface area contributed by atoms with Gasteiger partial charge in [-0.1, -0.05) is 60.7 Å². The van der Waals surface area contributed by atoms with Gasteiger partial charge in [0, 0.05) is 5.69 Å². The third kappa shape index (κ3) is 5.12. The summed E-state index contributed by atoms with van der Waals surface area (Å²) < 4.78 is 5.23. The molecule has 0 aliphatic carbocycles. The summed E-state index contributed by atoms with van der Waals surface area (Å²) >= 11 is 0. The number of hydrogen-bond donors (Lipinski definition) is 1. The molecule has 0 radical (unpaired) electrons. The van der Waals surface area contributed by atoms with E-state index in [1.54, 1.807) is 7.11 Å². The van der Waals surface area contributed by atoms with Crippen molar-refractivity contribution in [1.29, 1.82) is 5.26 Å². The average Bonchev–Trinajstić information content (AvgIpc) is 2.75. The van der Waals surface area contributed by atoms with E-state index in [1.807, 2.05) is 60.7 Å². The van der Waals surface area contributed by atoms with Gasteiger partial charge in [-0.3, -0.25) is 0 Å². The lowest BCUT2D eigenvalue weighted by molar-refractivity contribution is 0.415. The Balaban J connectivity index is 1.80. The number of methoxy groups -OCH3 is 1. The number of anilines is 1. The topological polar surface area (TPSA) is 45.0 Å². The highest BCUT2D eigenvalue weighted by Gasteiger charge is 2.23. The van der Waals surface area contributed by atoms with Crippen molar-refractivity contribution in [2.45, 2.75) is 18.9 Å². The molecule has 2 atom stereocenters. The van der Waals surface area contributed by atoms with Crippen LogP contribution in [0.3, 0.4) is 0 Å². The number of rotatable bonds is 8. The van der Waals surface area contributed by atoms with Gasteiger partial charge in [-0.2, -0.15) is 5.26 Å². The van der Waals surface area contributed by atoms with Gasteiger partial charge in [0.1, 0.15) is 5.75 Å². The molecule has 136 valence electrons. The molecule has 0 aromatic heterocycles. The monoisotopic (exact) mass is 356 g/mol. The van der Waals surface area contributed by atoms with E-state index in [-0.39, 0.29) is 12.0 Å². The molecule has 0 spiro atoms. The van der Waals surface area contributed by atoms with E-state index < -0.39 is 0 Å². The number of hydrogen-bond acceptors (Lipinski definition) is 3. The van der Waals surface area contributed by atoms with E-state index >= 15 is 0 Å². The Bertz CT molecular complexity index is 854. The summed E-state index contributed by atoms with van der Waals surface area (Å²) in [4.78, 5) is 0. The van der Waals surface area contributed by atoms with Gasteiger partial charge in [-0.05, 0) is 48.2 Å². The zero-order chi connectivity index (χ0) is 18.9. The lowest BCUT2D eigenvalue weighted by Gasteiger charge is -2.25. The van der Waals surface area contributed by atoms with Crippen LogP contribution in [-0.4, -0.2) is 7.11 Å². The Morgan fingerprint density at radius 1 is 0.889 bits per heavy atom. The van der Waals surface area contributed by atoms with Crippen molar-refractivity contribution in [1.82, 2.24) is 0 Å². The first kappa shape index (κ1) is 18.5. The van der Waals surface area contributed by atoms with Gasteiger partial charge >= 0.3 is 0 Å². The number of nitriles is 1. The molecule has 0 aliphatic heterocycles. The van der Waals surface area contributed by atoms with Crippen LogP contribution in [0.5, 0.6) is 5.75 Å². The summed E-state index contributed by atoms with van der Waals surface area (Å²) in [6, 6.07) is 30.8. The molecule has 27 heavy (non-hydrogen) atoms. The minimum absolute atomic E-state index is 0.0756. The van der Waals surface area contributed by atoms with Crippen LogP contribution >= 0.6 is 0 Å². The fraction of sp³-hybridized carbons (Fsp3) is 0.208. The van der Waals surface area contributed by atoms with Gasteiger partial charge in [0.2, 0.25) is 0 Å². The second kappa shape index (κ2) is 9.45. The van der Waals surface area contributed by atoms with Gasteiger partial charge < -0.3 is 10.1 Å². The highest BCUT2D eigenvalue weighted by Crippen LogP contribution is 2.30. The summed E-state index contributed by atoms with van der Waals surface area (Å²) in [7, 11) is 1.66. The lowest BCUT2D eigenvalue weighted by atomic mass is 9.89. The quantitative estimate of drug-likeness (QED) is 0.569. The summed E-state index contributed by atoms with van der Waals surface area (Å²) in [6.07, 6.45) is 1.68. The van der Waals surface area contributed by atoms with Gasteiger partial charge in [-0.25, -0.2) is 0 Å². The highest BCUT2D eigenvalue weighted by molar-refractivity contribution is 5.49. The van der Waals surface area contributed by atoms with Gasteiger partial charge in [-0.15, -0.1) is 0 Å². The van der Waals surface area contributed by atoms with E-state index in [0.717, 1.165) is 29.8 Å². The van der Waals surface area contributed by atoms with Crippen LogP contribution < -0.4 is 10.1 Å². The number of benzene rings is 3. The molecule has 0 saturated carbocycles. The molecule has 0 amide bonds. The van der Waals surface area contributed by atoms with Gasteiger partial charge in [0.15, 0.2) is 0 Å². The van der Waals surface area contributed by atoms with Crippen LogP contribution in [-0.2, 0) is 6.42 Å². The Morgan fingerprint density at radius 2 is 1.52 bits per heavy atom. The molecule has 1 unspecified atom stereocenters. The van der Waals surface area contributed by atoms with Crippen LogP contribution in [0.15, 0.2) is 84.9 Å². The molecule has 3 rings (SSSR count). The van der Waals surface area contributed by atoms with Gasteiger partial charge in [0.05, 0.1) is 25.1 Å². The summed E-state index contributed by atoms with van der Waals surface area (Å²) in [5.74, 6) is 0.674. The van der Waals surface area contributed by atoms with Crippen molar-refractivity contribution in [2.24, 2.45) is 5.92 Å². The maximum Gasteiger partial charge on any atom is 0.119 e. The first-order valence-electron chi connectivity index (χ1n) is 9.19. The first-order valence-corrected chi connectivity index (χ1v) is 9.19. The summed E-state index contributed by atoms with van der Waals surface area (Å²) in [5.41, 5.74) is 3.35. The molecular formula is C24H24N2O. The van der Waals surface area contributed by atoms with E-state index in [2.05, 4.69) is 35.7 Å². The van der Waals surface area contributed by atoms with E-state index in [1.165, 1.54) is 5.56 Å². The fourth-order valence-corrected chi connectivity index (χ4v) is 3.22. The third-order valence-electron chi connectivity index (χ3n) is 4.73. The van der Waals surface area contributed by atoms with Crippen molar-refractivity contribution < 1.29 is 4.74 Å². The SMILES string of the molecule is COc1ccc(N[C@H](c2ccccc2)C(C#N)CCc2ccccc2)cc1. The summed E-state index contributed by atoms with van der Waals surface area (Å²) in [5, 5.41) is 13.4. The Labute approximate surface area is 161 Å². The number of nitrogens with one attached hydrogen (secondary N) is 1. The molecule has 0 bridgehead atoms. The Hall–Kier alpha value is -3.25. The maximum atomic E-state index is 9.89. The smallest absolute Gasteiger partial charge is 0.119 e. The van der Waals surface area contributed by atoms with E-state index in [9.17, 15) is 5.26 Å². The number of nitrogens with zero attached hydrogens (tertiary/aromatic N) is 1. The zero-order valence-corrected chi connectivity index (χ0v) is 15.5. The molecular weight excluding hydrogens is 332 g/mol. The summed E-state index contributed by atoms with van der Waals surface area (Å²) in [6.45, 7) is 0. The van der Waals surface area contributed by atoms with Crippen molar-refractivity contribution in [3.63, 3.8) is 0 Å². The van der Waals surface area contributed by atoms with Crippen LogP contribution in [0, 0.1) is 17.2 Å². The molecule has 1 N–H and O–H groups in total. The normalized spacial score (nSPS) is 12.6. The minimum Gasteiger partial charge on any atom is -0.497 e. The second-order valence-corrected chi connectivity index (χ2v) is 6.52. The highest BCUT2D eigenvalue weighted by atomic mass is 16.5. The lowest BCUT2D eigenvalue weighted by Crippen LogP contribution is -2.20. The number of ether oxygens (including phenoxy) is 1. The third-order valence-corrected chi connectivity index (χ3v) is 4.73. The molecule has 3 aromatic rings. The van der Waals surface area contributed by atoms with Crippen molar-refractivity contribution in [3.8, 4) is 11.8 Å². The van der Waals surface area contributed by atoms with E-state index in [0.29, 0.717) is 0 Å². The number of aryl methyl sites for hydroxylation is 1. The second-order valence-electron chi connectivity index (χ2n) is 6.52. The van der Waals surface area contributed by atoms with Crippen LogP contribution in [0.25, 0.3) is 0 Å². The Morgan fingerprint density at radius 3 is 2.11 bits per heavy atom. The van der Waals surface area contributed by atoms with Crippen molar-refractivity contribution >= 4 is 5.69 Å². The molecule has 3 heteroatoms. The molecule has 0 heterocycles. The molecule has 3 aromatic carbocycles. The molecule has 3 nitrogen and oxygen atoms in total. The predicted octanol–water partition coefficient (Wildman–Crippen LogP) is 5.62. The molecule has 0 saturated heterocycles. The van der Waals surface area contributed by atoms with E-state index in [4.69, 9.17) is 4.74 Å². The van der Waals surface area contributed by atoms with Gasteiger partial charge in [0.25, 0.3) is 0 Å². The largest absolute Gasteiger partial charge is 0.497 e. The van der Waals surface area contributed by atoms with Crippen molar-refractivity contribution in [2.75, 3.05) is 12.4 Å². The zero-order valence-electron chi connectivity index (χ0n) is 15.5.